The highest BCUT2D eigenvalue weighted by Crippen LogP contribution is 2.35. The molecule has 5 rings (SSSR count). The fourth-order valence-corrected chi connectivity index (χ4v) is 4.65. The van der Waals surface area contributed by atoms with Crippen LogP contribution in [0, 0.1) is 6.92 Å². The van der Waals surface area contributed by atoms with Crippen LogP contribution in [0.3, 0.4) is 0 Å². The fourth-order valence-electron chi connectivity index (χ4n) is 4.65. The first kappa shape index (κ1) is 23.8. The summed E-state index contributed by atoms with van der Waals surface area (Å²) >= 11 is 0. The van der Waals surface area contributed by atoms with Gasteiger partial charge in [-0.3, -0.25) is 9.78 Å². The first-order valence-electron chi connectivity index (χ1n) is 12.1. The number of primary amides is 1. The minimum atomic E-state index is -0.639. The average molecular weight is 483 g/mol. The molecule has 0 saturated carbocycles. The molecule has 8 nitrogen and oxygen atoms in total. The Morgan fingerprint density at radius 1 is 1.08 bits per heavy atom. The molecule has 2 aromatic heterocycles. The highest BCUT2D eigenvalue weighted by molar-refractivity contribution is 5.88. The van der Waals surface area contributed by atoms with E-state index in [2.05, 4.69) is 76.7 Å². The molecule has 8 heteroatoms. The molecule has 0 spiro atoms. The zero-order valence-electron chi connectivity index (χ0n) is 20.7. The van der Waals surface area contributed by atoms with Crippen LogP contribution < -0.4 is 11.1 Å². The second-order valence-electron chi connectivity index (χ2n) is 9.51. The minimum absolute atomic E-state index is 0.0140. The highest BCUT2D eigenvalue weighted by Gasteiger charge is 2.25. The zero-order valence-corrected chi connectivity index (χ0v) is 20.7. The number of hydrogen-bond donors (Lipinski definition) is 2. The molecule has 1 atom stereocenters. The quantitative estimate of drug-likeness (QED) is 0.434. The summed E-state index contributed by atoms with van der Waals surface area (Å²) in [7, 11) is 0. The van der Waals surface area contributed by atoms with E-state index in [9.17, 15) is 4.79 Å². The van der Waals surface area contributed by atoms with E-state index in [-0.39, 0.29) is 17.3 Å². The van der Waals surface area contributed by atoms with Gasteiger partial charge in [-0.05, 0) is 41.8 Å². The summed E-state index contributed by atoms with van der Waals surface area (Å²) in [6, 6.07) is 20.9. The topological polar surface area (TPSA) is 108 Å². The van der Waals surface area contributed by atoms with Crippen molar-refractivity contribution in [3.05, 3.63) is 95.3 Å². The van der Waals surface area contributed by atoms with Gasteiger partial charge >= 0.3 is 0 Å². The Labute approximate surface area is 210 Å². The lowest BCUT2D eigenvalue weighted by Gasteiger charge is -2.27. The van der Waals surface area contributed by atoms with Gasteiger partial charge in [0.1, 0.15) is 11.9 Å². The van der Waals surface area contributed by atoms with Gasteiger partial charge in [0.15, 0.2) is 0 Å². The lowest BCUT2D eigenvalue weighted by molar-refractivity contribution is 0.0254. The van der Waals surface area contributed by atoms with Crippen molar-refractivity contribution in [3.8, 4) is 16.8 Å². The largest absolute Gasteiger partial charge is 0.369 e. The van der Waals surface area contributed by atoms with Gasteiger partial charge in [0.2, 0.25) is 5.82 Å². The van der Waals surface area contributed by atoms with E-state index in [0.29, 0.717) is 12.4 Å². The number of rotatable bonds is 6. The van der Waals surface area contributed by atoms with E-state index in [1.165, 1.54) is 5.56 Å². The maximum Gasteiger partial charge on any atom is 0.288 e. The summed E-state index contributed by atoms with van der Waals surface area (Å²) < 4.78 is 7.59. The van der Waals surface area contributed by atoms with Crippen molar-refractivity contribution < 1.29 is 9.53 Å². The van der Waals surface area contributed by atoms with E-state index in [4.69, 9.17) is 10.5 Å². The van der Waals surface area contributed by atoms with Gasteiger partial charge in [0.25, 0.3) is 5.91 Å². The van der Waals surface area contributed by atoms with Gasteiger partial charge in [-0.2, -0.15) is 0 Å². The van der Waals surface area contributed by atoms with Crippen LogP contribution in [-0.2, 0) is 10.2 Å². The van der Waals surface area contributed by atoms with E-state index in [1.807, 2.05) is 24.4 Å². The number of carbonyl (C=O) groups excluding carboxylic acids is 1. The number of nitrogens with one attached hydrogen (secondary N) is 1. The third-order valence-corrected chi connectivity index (χ3v) is 6.81. The van der Waals surface area contributed by atoms with Gasteiger partial charge in [0.05, 0.1) is 18.0 Å². The smallest absolute Gasteiger partial charge is 0.288 e. The van der Waals surface area contributed by atoms with Crippen LogP contribution in [0.15, 0.2) is 66.9 Å². The van der Waals surface area contributed by atoms with Gasteiger partial charge in [-0.15, -0.1) is 5.10 Å². The van der Waals surface area contributed by atoms with Crippen molar-refractivity contribution >= 4 is 5.91 Å². The van der Waals surface area contributed by atoms with Gasteiger partial charge in [-0.25, -0.2) is 9.67 Å². The molecule has 1 fully saturated rings. The van der Waals surface area contributed by atoms with Crippen molar-refractivity contribution in [3.63, 3.8) is 0 Å². The van der Waals surface area contributed by atoms with Crippen molar-refractivity contribution in [2.24, 2.45) is 5.73 Å². The second-order valence-corrected chi connectivity index (χ2v) is 9.51. The van der Waals surface area contributed by atoms with Crippen molar-refractivity contribution in [1.82, 2.24) is 25.1 Å². The lowest BCUT2D eigenvalue weighted by Crippen LogP contribution is -2.34. The van der Waals surface area contributed by atoms with Crippen LogP contribution in [0.4, 0.5) is 0 Å². The van der Waals surface area contributed by atoms with Crippen molar-refractivity contribution in [1.29, 1.82) is 0 Å². The number of amides is 1. The number of nitrogens with two attached hydrogens (primary N) is 1. The second kappa shape index (κ2) is 9.64. The highest BCUT2D eigenvalue weighted by atomic mass is 16.5. The Morgan fingerprint density at radius 3 is 2.39 bits per heavy atom. The summed E-state index contributed by atoms with van der Waals surface area (Å²) in [5, 5.41) is 7.61. The first-order valence-corrected chi connectivity index (χ1v) is 12.1. The number of morpholine rings is 1. The maximum atomic E-state index is 11.4. The summed E-state index contributed by atoms with van der Waals surface area (Å²) in [6.45, 7) is 8.54. The Kier molecular flexibility index (Phi) is 6.38. The third-order valence-electron chi connectivity index (χ3n) is 6.81. The molecule has 3 heterocycles. The molecule has 1 saturated heterocycles. The van der Waals surface area contributed by atoms with Gasteiger partial charge in [-0.1, -0.05) is 56.3 Å². The molecule has 0 bridgehead atoms. The predicted octanol–water partition coefficient (Wildman–Crippen LogP) is 3.72. The zero-order chi connectivity index (χ0) is 25.3. The van der Waals surface area contributed by atoms with E-state index in [1.54, 1.807) is 11.6 Å². The average Bonchev–Trinajstić information content (AvgIpc) is 3.31. The molecule has 3 N–H and O–H groups in total. The normalized spacial score (nSPS) is 16.1. The SMILES string of the molecule is Cc1nc(C(N)=O)nn1-c1ccc(C(C)(C)c2ccc(-c3cccnc3C3CNCCO3)cc2)cc1. The monoisotopic (exact) mass is 482 g/mol. The van der Waals surface area contributed by atoms with Crippen LogP contribution in [0.5, 0.6) is 0 Å². The molecular formula is C28H30N6O2. The first-order chi connectivity index (χ1) is 17.3. The van der Waals surface area contributed by atoms with E-state index >= 15 is 0 Å². The number of ether oxygens (including phenoxy) is 1. The van der Waals surface area contributed by atoms with Crippen LogP contribution in [0.1, 0.15) is 53.2 Å². The number of pyridine rings is 1. The number of benzene rings is 2. The van der Waals surface area contributed by atoms with Crippen LogP contribution in [-0.4, -0.2) is 45.4 Å². The molecule has 1 aliphatic heterocycles. The Bertz CT molecular complexity index is 1370. The Hall–Kier alpha value is -3.88. The van der Waals surface area contributed by atoms with Gasteiger partial charge < -0.3 is 15.8 Å². The minimum Gasteiger partial charge on any atom is -0.369 e. The summed E-state index contributed by atoms with van der Waals surface area (Å²) in [5.74, 6) is -0.0185. The lowest BCUT2D eigenvalue weighted by atomic mass is 9.77. The molecule has 4 aromatic rings. The van der Waals surface area contributed by atoms with Crippen LogP contribution >= 0.6 is 0 Å². The van der Waals surface area contributed by atoms with Crippen LogP contribution in [0.25, 0.3) is 16.8 Å². The molecule has 1 unspecified atom stereocenters. The van der Waals surface area contributed by atoms with E-state index < -0.39 is 5.91 Å². The molecule has 36 heavy (non-hydrogen) atoms. The van der Waals surface area contributed by atoms with Crippen LogP contribution in [0.2, 0.25) is 0 Å². The molecule has 1 amide bonds. The molecule has 1 aliphatic rings. The summed E-state index contributed by atoms with van der Waals surface area (Å²) in [6.07, 6.45) is 1.78. The number of hydrogen-bond acceptors (Lipinski definition) is 6. The number of nitrogens with zero attached hydrogens (tertiary/aromatic N) is 4. The van der Waals surface area contributed by atoms with Crippen molar-refractivity contribution in [2.45, 2.75) is 32.3 Å². The number of aryl methyl sites for hydroxylation is 1. The summed E-state index contributed by atoms with van der Waals surface area (Å²) in [4.78, 5) is 20.2. The molecule has 2 aromatic carbocycles. The standard InChI is InChI=1S/C28H30N6O2/c1-18-32-27(26(29)35)33-34(18)22-12-10-21(11-13-22)28(2,3)20-8-6-19(7-9-20)23-5-4-14-31-25(23)24-17-30-15-16-36-24/h4-14,24,30H,15-17H2,1-3H3,(H2,29,35). The van der Waals surface area contributed by atoms with Gasteiger partial charge in [0, 0.05) is 30.3 Å². The molecular weight excluding hydrogens is 452 g/mol. The van der Waals surface area contributed by atoms with Crippen molar-refractivity contribution in [2.75, 3.05) is 19.7 Å². The van der Waals surface area contributed by atoms with E-state index in [0.717, 1.165) is 41.2 Å². The Balaban J connectivity index is 1.40. The third kappa shape index (κ3) is 4.53. The fraction of sp³-hybridized carbons (Fsp3) is 0.286. The number of carbonyl (C=O) groups is 1. The molecule has 184 valence electrons. The summed E-state index contributed by atoms with van der Waals surface area (Å²) in [5.41, 5.74) is 11.5. The molecule has 0 aliphatic carbocycles. The maximum absolute atomic E-state index is 11.4. The molecule has 0 radical (unpaired) electrons. The predicted molar refractivity (Wildman–Crippen MR) is 138 cm³/mol. The Morgan fingerprint density at radius 2 is 1.78 bits per heavy atom. The number of aromatic nitrogens is 4.